The molecule has 0 saturated heterocycles. The van der Waals surface area contributed by atoms with Crippen molar-refractivity contribution in [2.75, 3.05) is 34.3 Å². The molecule has 1 aromatic rings. The Hall–Kier alpha value is -1.64. The third-order valence-electron chi connectivity index (χ3n) is 3.33. The average molecular weight is 330 g/mol. The molecule has 0 radical (unpaired) electrons. The van der Waals surface area contributed by atoms with Gasteiger partial charge in [-0.2, -0.15) is 0 Å². The van der Waals surface area contributed by atoms with E-state index < -0.39 is 22.0 Å². The minimum Gasteiger partial charge on any atom is -0.492 e. The lowest BCUT2D eigenvalue weighted by atomic mass is 10.3. The van der Waals surface area contributed by atoms with Gasteiger partial charge in [0.05, 0.1) is 4.90 Å². The van der Waals surface area contributed by atoms with E-state index in [0.29, 0.717) is 18.9 Å². The number of aliphatic carboxylic acids is 1. The minimum absolute atomic E-state index is 0.196. The molecule has 1 rings (SSSR count). The van der Waals surface area contributed by atoms with Crippen LogP contribution in [0.1, 0.15) is 6.92 Å². The number of rotatable bonds is 8. The van der Waals surface area contributed by atoms with Crippen molar-refractivity contribution in [2.45, 2.75) is 17.9 Å². The van der Waals surface area contributed by atoms with Crippen LogP contribution in [0.4, 0.5) is 0 Å². The van der Waals surface area contributed by atoms with Gasteiger partial charge >= 0.3 is 5.97 Å². The third-order valence-corrected chi connectivity index (χ3v) is 5.16. The van der Waals surface area contributed by atoms with Crippen LogP contribution < -0.4 is 4.74 Å². The summed E-state index contributed by atoms with van der Waals surface area (Å²) in [4.78, 5) is 12.7. The molecule has 0 saturated carbocycles. The standard InChI is InChI=1S/C14H22N2O5S/c1-11(14(17)18)16(4)9-10-21-12-5-7-13(8-6-12)22(19,20)15(2)3/h5-8,11H,9-10H2,1-4H3,(H,17,18). The molecule has 1 unspecified atom stereocenters. The normalized spacial score (nSPS) is 13.4. The van der Waals surface area contributed by atoms with Gasteiger partial charge in [0.25, 0.3) is 0 Å². The summed E-state index contributed by atoms with van der Waals surface area (Å²) in [6.07, 6.45) is 0. The number of likely N-dealkylation sites (N-methyl/N-ethyl adjacent to an activating group) is 1. The van der Waals surface area contributed by atoms with Gasteiger partial charge < -0.3 is 9.84 Å². The highest BCUT2D eigenvalue weighted by Crippen LogP contribution is 2.18. The Balaban J connectivity index is 2.58. The number of benzene rings is 1. The monoisotopic (exact) mass is 330 g/mol. The number of ether oxygens (including phenoxy) is 1. The molecule has 0 aliphatic rings. The van der Waals surface area contributed by atoms with Gasteiger partial charge in [-0.05, 0) is 38.2 Å². The Kier molecular flexibility index (Phi) is 6.34. The van der Waals surface area contributed by atoms with E-state index in [4.69, 9.17) is 9.84 Å². The quantitative estimate of drug-likeness (QED) is 0.756. The molecule has 8 heteroatoms. The van der Waals surface area contributed by atoms with Gasteiger partial charge in [0.2, 0.25) is 10.0 Å². The molecular formula is C14H22N2O5S. The first kappa shape index (κ1) is 18.4. The Morgan fingerprint density at radius 3 is 2.23 bits per heavy atom. The maximum atomic E-state index is 11.9. The molecule has 0 spiro atoms. The SMILES string of the molecule is CC(C(=O)O)N(C)CCOc1ccc(S(=O)(=O)N(C)C)cc1. The highest BCUT2D eigenvalue weighted by atomic mass is 32.2. The van der Waals surface area contributed by atoms with Crippen molar-refractivity contribution >= 4 is 16.0 Å². The smallest absolute Gasteiger partial charge is 0.320 e. The first-order valence-corrected chi connectivity index (χ1v) is 8.18. The molecule has 0 heterocycles. The number of carboxylic acids is 1. The lowest BCUT2D eigenvalue weighted by Gasteiger charge is -2.21. The van der Waals surface area contributed by atoms with Crippen molar-refractivity contribution < 1.29 is 23.1 Å². The van der Waals surface area contributed by atoms with Crippen LogP contribution in [0.15, 0.2) is 29.2 Å². The fourth-order valence-electron chi connectivity index (χ4n) is 1.61. The number of carboxylic acid groups (broad SMARTS) is 1. The largest absolute Gasteiger partial charge is 0.492 e. The fourth-order valence-corrected chi connectivity index (χ4v) is 2.51. The van der Waals surface area contributed by atoms with Crippen molar-refractivity contribution in [3.63, 3.8) is 0 Å². The predicted molar refractivity (Wildman–Crippen MR) is 82.5 cm³/mol. The van der Waals surface area contributed by atoms with Crippen molar-refractivity contribution in [2.24, 2.45) is 0 Å². The van der Waals surface area contributed by atoms with Crippen LogP contribution >= 0.6 is 0 Å². The molecule has 124 valence electrons. The van der Waals surface area contributed by atoms with Crippen LogP contribution in [0.5, 0.6) is 5.75 Å². The Morgan fingerprint density at radius 2 is 1.77 bits per heavy atom. The second kappa shape index (κ2) is 7.57. The molecule has 22 heavy (non-hydrogen) atoms. The fraction of sp³-hybridized carbons (Fsp3) is 0.500. The van der Waals surface area contributed by atoms with Crippen LogP contribution in [-0.2, 0) is 14.8 Å². The minimum atomic E-state index is -3.44. The van der Waals surface area contributed by atoms with Gasteiger partial charge in [0.15, 0.2) is 0 Å². The molecule has 0 fully saturated rings. The van der Waals surface area contributed by atoms with Crippen molar-refractivity contribution in [3.8, 4) is 5.75 Å². The van der Waals surface area contributed by atoms with Crippen LogP contribution in [0.3, 0.4) is 0 Å². The number of hydrogen-bond acceptors (Lipinski definition) is 5. The van der Waals surface area contributed by atoms with Gasteiger partial charge in [0, 0.05) is 20.6 Å². The predicted octanol–water partition coefficient (Wildman–Crippen LogP) is 0.721. The summed E-state index contributed by atoms with van der Waals surface area (Å²) in [5, 5.41) is 8.88. The van der Waals surface area contributed by atoms with Gasteiger partial charge in [-0.3, -0.25) is 9.69 Å². The molecule has 0 bridgehead atoms. The summed E-state index contributed by atoms with van der Waals surface area (Å²) in [7, 11) is 1.20. The van der Waals surface area contributed by atoms with Gasteiger partial charge in [-0.1, -0.05) is 0 Å². The summed E-state index contributed by atoms with van der Waals surface area (Å²) in [6.45, 7) is 2.36. The van der Waals surface area contributed by atoms with Crippen molar-refractivity contribution in [1.29, 1.82) is 0 Å². The molecule has 7 nitrogen and oxygen atoms in total. The Morgan fingerprint density at radius 1 is 1.23 bits per heavy atom. The molecule has 1 aromatic carbocycles. The average Bonchev–Trinajstić information content (AvgIpc) is 2.46. The summed E-state index contributed by atoms with van der Waals surface area (Å²) in [6, 6.07) is 5.53. The molecule has 0 aliphatic carbocycles. The van der Waals surface area contributed by atoms with Crippen LogP contribution in [0.2, 0.25) is 0 Å². The van der Waals surface area contributed by atoms with Gasteiger partial charge in [-0.25, -0.2) is 12.7 Å². The summed E-state index contributed by atoms with van der Waals surface area (Å²) < 4.78 is 30.5. The Labute approximate surface area is 131 Å². The van der Waals surface area contributed by atoms with E-state index in [2.05, 4.69) is 0 Å². The van der Waals surface area contributed by atoms with Crippen molar-refractivity contribution in [3.05, 3.63) is 24.3 Å². The maximum absolute atomic E-state index is 11.9. The lowest BCUT2D eigenvalue weighted by molar-refractivity contribution is -0.142. The van der Waals surface area contributed by atoms with Crippen LogP contribution in [-0.4, -0.2) is 69.0 Å². The summed E-state index contributed by atoms with van der Waals surface area (Å²) in [5.74, 6) is -0.352. The van der Waals surface area contributed by atoms with E-state index in [9.17, 15) is 13.2 Å². The topological polar surface area (TPSA) is 87.1 Å². The second-order valence-electron chi connectivity index (χ2n) is 5.10. The summed E-state index contributed by atoms with van der Waals surface area (Å²) in [5.41, 5.74) is 0. The highest BCUT2D eigenvalue weighted by molar-refractivity contribution is 7.89. The second-order valence-corrected chi connectivity index (χ2v) is 7.25. The Bertz CT molecular complexity index is 598. The lowest BCUT2D eigenvalue weighted by Crippen LogP contribution is -2.38. The highest BCUT2D eigenvalue weighted by Gasteiger charge is 2.17. The third kappa shape index (κ3) is 4.69. The van der Waals surface area contributed by atoms with Gasteiger partial charge in [-0.15, -0.1) is 0 Å². The molecule has 0 aromatic heterocycles. The first-order valence-electron chi connectivity index (χ1n) is 6.74. The number of carbonyl (C=O) groups is 1. The zero-order valence-corrected chi connectivity index (χ0v) is 14.0. The summed E-state index contributed by atoms with van der Waals surface area (Å²) >= 11 is 0. The van der Waals surface area contributed by atoms with E-state index in [1.807, 2.05) is 0 Å². The molecule has 0 aliphatic heterocycles. The number of sulfonamides is 1. The van der Waals surface area contributed by atoms with E-state index >= 15 is 0 Å². The first-order chi connectivity index (χ1) is 10.2. The molecule has 1 atom stereocenters. The van der Waals surface area contributed by atoms with E-state index in [1.54, 1.807) is 31.0 Å². The molecule has 1 N–H and O–H groups in total. The van der Waals surface area contributed by atoms with E-state index in [1.165, 1.54) is 26.2 Å². The zero-order chi connectivity index (χ0) is 16.9. The van der Waals surface area contributed by atoms with E-state index in [-0.39, 0.29) is 4.90 Å². The van der Waals surface area contributed by atoms with E-state index in [0.717, 1.165) is 4.31 Å². The van der Waals surface area contributed by atoms with Crippen molar-refractivity contribution in [1.82, 2.24) is 9.21 Å². The maximum Gasteiger partial charge on any atom is 0.320 e. The van der Waals surface area contributed by atoms with Crippen LogP contribution in [0, 0.1) is 0 Å². The number of hydrogen-bond donors (Lipinski definition) is 1. The number of nitrogens with zero attached hydrogens (tertiary/aromatic N) is 2. The van der Waals surface area contributed by atoms with Gasteiger partial charge in [0.1, 0.15) is 18.4 Å². The zero-order valence-electron chi connectivity index (χ0n) is 13.2. The molecule has 0 amide bonds. The molecular weight excluding hydrogens is 308 g/mol. The van der Waals surface area contributed by atoms with Crippen LogP contribution in [0.25, 0.3) is 0 Å².